The van der Waals surface area contributed by atoms with Gasteiger partial charge in [-0.15, -0.1) is 0 Å². The van der Waals surface area contributed by atoms with Gasteiger partial charge in [0.25, 0.3) is 9.05 Å². The second-order valence-electron chi connectivity index (χ2n) is 3.87. The zero-order valence-electron chi connectivity index (χ0n) is 10.4. The highest BCUT2D eigenvalue weighted by Crippen LogP contribution is 2.26. The lowest BCUT2D eigenvalue weighted by Gasteiger charge is -2.09. The van der Waals surface area contributed by atoms with E-state index in [4.69, 9.17) is 22.3 Å². The number of hydrogen-bond donors (Lipinski definition) is 2. The Balaban J connectivity index is 2.11. The molecule has 6 nitrogen and oxygen atoms in total. The fourth-order valence-corrected chi connectivity index (χ4v) is 2.53. The molecule has 110 valence electrons. The first kappa shape index (κ1) is 15.6. The van der Waals surface area contributed by atoms with Crippen molar-refractivity contribution >= 4 is 48.9 Å². The molecule has 0 spiro atoms. The van der Waals surface area contributed by atoms with Gasteiger partial charge in [-0.1, -0.05) is 17.7 Å². The van der Waals surface area contributed by atoms with Crippen LogP contribution in [0.4, 0.5) is 16.3 Å². The molecule has 0 saturated heterocycles. The summed E-state index contributed by atoms with van der Waals surface area (Å²) < 4.78 is 22.3. The summed E-state index contributed by atoms with van der Waals surface area (Å²) in [4.78, 5) is 15.5. The molecule has 0 aliphatic carbocycles. The third-order valence-corrected chi connectivity index (χ3v) is 4.04. The minimum atomic E-state index is -3.87. The summed E-state index contributed by atoms with van der Waals surface area (Å²) in [6, 6.07) is 8.23. The summed E-state index contributed by atoms with van der Waals surface area (Å²) in [6.07, 6.45) is 1.53. The number of nitrogens with zero attached hydrogens (tertiary/aromatic N) is 1. The highest BCUT2D eigenvalue weighted by Gasteiger charge is 2.13. The molecule has 9 heteroatoms. The van der Waals surface area contributed by atoms with Crippen molar-refractivity contribution in [2.75, 3.05) is 10.6 Å². The predicted molar refractivity (Wildman–Crippen MR) is 81.4 cm³/mol. The number of halogens is 2. The van der Waals surface area contributed by atoms with Crippen LogP contribution in [-0.2, 0) is 9.05 Å². The number of pyridine rings is 1. The standard InChI is InChI=1S/C12H9Cl2N3O3S/c13-9-7-8(21(14,19)20)4-5-10(9)16-12(18)17-11-3-1-2-6-15-11/h1-7H,(H2,15,16,17,18). The highest BCUT2D eigenvalue weighted by atomic mass is 35.7. The second kappa shape index (κ2) is 6.30. The molecule has 0 aliphatic rings. The maximum atomic E-state index is 11.8. The Bertz CT molecular complexity index is 767. The van der Waals surface area contributed by atoms with Crippen molar-refractivity contribution in [1.29, 1.82) is 0 Å². The van der Waals surface area contributed by atoms with Crippen LogP contribution in [0.15, 0.2) is 47.5 Å². The summed E-state index contributed by atoms with van der Waals surface area (Å²) in [7, 11) is 1.33. The monoisotopic (exact) mass is 345 g/mol. The van der Waals surface area contributed by atoms with E-state index in [0.717, 1.165) is 6.07 Å². The Morgan fingerprint density at radius 1 is 1.14 bits per heavy atom. The van der Waals surface area contributed by atoms with Crippen LogP contribution in [0.25, 0.3) is 0 Å². The summed E-state index contributed by atoms with van der Waals surface area (Å²) >= 11 is 5.90. The molecule has 2 aromatic rings. The van der Waals surface area contributed by atoms with Crippen molar-refractivity contribution in [3.05, 3.63) is 47.6 Å². The first-order valence-electron chi connectivity index (χ1n) is 5.59. The predicted octanol–water partition coefficient (Wildman–Crippen LogP) is 3.31. The van der Waals surface area contributed by atoms with Crippen molar-refractivity contribution in [3.63, 3.8) is 0 Å². The summed E-state index contributed by atoms with van der Waals surface area (Å²) in [6.45, 7) is 0. The molecule has 0 unspecified atom stereocenters. The van der Waals surface area contributed by atoms with E-state index in [-0.39, 0.29) is 15.6 Å². The fourth-order valence-electron chi connectivity index (χ4n) is 1.46. The molecule has 0 saturated carbocycles. The number of anilines is 2. The zero-order chi connectivity index (χ0) is 15.5. The third kappa shape index (κ3) is 4.32. The van der Waals surface area contributed by atoms with Gasteiger partial charge in [0, 0.05) is 16.9 Å². The molecule has 0 aliphatic heterocycles. The van der Waals surface area contributed by atoms with Crippen LogP contribution in [0.5, 0.6) is 0 Å². The van der Waals surface area contributed by atoms with Crippen LogP contribution in [0.2, 0.25) is 5.02 Å². The number of urea groups is 1. The molecule has 1 aromatic heterocycles. The molecular formula is C12H9Cl2N3O3S. The number of nitrogens with one attached hydrogen (secondary N) is 2. The van der Waals surface area contributed by atoms with E-state index in [1.807, 2.05) is 0 Å². The average Bonchev–Trinajstić information content (AvgIpc) is 2.41. The normalized spacial score (nSPS) is 11.0. The van der Waals surface area contributed by atoms with Crippen molar-refractivity contribution in [2.45, 2.75) is 4.90 Å². The van der Waals surface area contributed by atoms with Gasteiger partial charge in [0.2, 0.25) is 0 Å². The molecule has 0 atom stereocenters. The van der Waals surface area contributed by atoms with E-state index < -0.39 is 15.1 Å². The van der Waals surface area contributed by atoms with Crippen LogP contribution >= 0.6 is 22.3 Å². The van der Waals surface area contributed by atoms with Crippen molar-refractivity contribution in [3.8, 4) is 0 Å². The van der Waals surface area contributed by atoms with Crippen LogP contribution in [0.3, 0.4) is 0 Å². The maximum Gasteiger partial charge on any atom is 0.324 e. The molecule has 21 heavy (non-hydrogen) atoms. The van der Waals surface area contributed by atoms with Gasteiger partial charge in [-0.05, 0) is 30.3 Å². The quantitative estimate of drug-likeness (QED) is 0.835. The summed E-state index contributed by atoms with van der Waals surface area (Å²) in [5.41, 5.74) is 0.245. The fraction of sp³-hybridized carbons (Fsp3) is 0. The number of rotatable bonds is 3. The van der Waals surface area contributed by atoms with E-state index in [0.29, 0.717) is 5.82 Å². The number of aromatic nitrogens is 1. The van der Waals surface area contributed by atoms with Crippen LogP contribution in [0, 0.1) is 0 Å². The number of carbonyl (C=O) groups excluding carboxylic acids is 1. The summed E-state index contributed by atoms with van der Waals surface area (Å²) in [5.74, 6) is 0.367. The maximum absolute atomic E-state index is 11.8. The molecule has 0 fully saturated rings. The Labute approximate surface area is 130 Å². The topological polar surface area (TPSA) is 88.2 Å². The lowest BCUT2D eigenvalue weighted by atomic mass is 10.3. The molecule has 0 bridgehead atoms. The van der Waals surface area contributed by atoms with Crippen molar-refractivity contribution in [2.24, 2.45) is 0 Å². The lowest BCUT2D eigenvalue weighted by molar-refractivity contribution is 0.262. The van der Waals surface area contributed by atoms with Gasteiger partial charge in [-0.25, -0.2) is 18.2 Å². The minimum Gasteiger partial charge on any atom is -0.306 e. The van der Waals surface area contributed by atoms with Gasteiger partial charge in [-0.2, -0.15) is 0 Å². The van der Waals surface area contributed by atoms with E-state index >= 15 is 0 Å². The number of amides is 2. The molecular weight excluding hydrogens is 337 g/mol. The van der Waals surface area contributed by atoms with Gasteiger partial charge < -0.3 is 5.32 Å². The van der Waals surface area contributed by atoms with Gasteiger partial charge in [-0.3, -0.25) is 5.32 Å². The highest BCUT2D eigenvalue weighted by molar-refractivity contribution is 8.13. The zero-order valence-corrected chi connectivity index (χ0v) is 12.7. The van der Waals surface area contributed by atoms with Gasteiger partial charge >= 0.3 is 6.03 Å². The largest absolute Gasteiger partial charge is 0.324 e. The number of carbonyl (C=O) groups is 1. The number of hydrogen-bond acceptors (Lipinski definition) is 4. The van der Waals surface area contributed by atoms with E-state index in [1.165, 1.54) is 18.3 Å². The van der Waals surface area contributed by atoms with Gasteiger partial charge in [0.15, 0.2) is 0 Å². The Kier molecular flexibility index (Phi) is 4.66. The van der Waals surface area contributed by atoms with Gasteiger partial charge in [0.05, 0.1) is 15.6 Å². The van der Waals surface area contributed by atoms with Crippen molar-refractivity contribution < 1.29 is 13.2 Å². The van der Waals surface area contributed by atoms with Gasteiger partial charge in [0.1, 0.15) is 5.82 Å². The first-order valence-corrected chi connectivity index (χ1v) is 8.28. The average molecular weight is 346 g/mol. The molecule has 2 amide bonds. The van der Waals surface area contributed by atoms with E-state index in [9.17, 15) is 13.2 Å². The van der Waals surface area contributed by atoms with E-state index in [2.05, 4.69) is 15.6 Å². The van der Waals surface area contributed by atoms with Crippen LogP contribution in [-0.4, -0.2) is 19.4 Å². The Morgan fingerprint density at radius 2 is 1.90 bits per heavy atom. The molecule has 2 N–H and O–H groups in total. The number of benzene rings is 1. The van der Waals surface area contributed by atoms with Crippen LogP contribution in [0.1, 0.15) is 0 Å². The second-order valence-corrected chi connectivity index (χ2v) is 6.85. The Morgan fingerprint density at radius 3 is 2.48 bits per heavy atom. The van der Waals surface area contributed by atoms with Crippen molar-refractivity contribution in [1.82, 2.24) is 4.98 Å². The molecule has 1 aromatic carbocycles. The minimum absolute atomic E-state index is 0.0490. The SMILES string of the molecule is O=C(Nc1ccccn1)Nc1ccc(S(=O)(=O)Cl)cc1Cl. The van der Waals surface area contributed by atoms with E-state index in [1.54, 1.807) is 18.2 Å². The smallest absolute Gasteiger partial charge is 0.306 e. The molecule has 1 heterocycles. The molecule has 2 rings (SSSR count). The first-order chi connectivity index (χ1) is 9.86. The molecule has 0 radical (unpaired) electrons. The lowest BCUT2D eigenvalue weighted by Crippen LogP contribution is -2.20. The van der Waals surface area contributed by atoms with Crippen LogP contribution < -0.4 is 10.6 Å². The Hall–Kier alpha value is -1.83. The third-order valence-electron chi connectivity index (χ3n) is 2.38. The summed E-state index contributed by atoms with van der Waals surface area (Å²) in [5, 5.41) is 5.02.